The fourth-order valence-electron chi connectivity index (χ4n) is 0.424. The van der Waals surface area contributed by atoms with Crippen LogP contribution in [0.3, 0.4) is 0 Å². The maximum atomic E-state index is 10.6. The van der Waals surface area contributed by atoms with Gasteiger partial charge in [0.1, 0.15) is 0 Å². The Morgan fingerprint density at radius 3 is 2.15 bits per heavy atom. The molecule has 0 fully saturated rings. The summed E-state index contributed by atoms with van der Waals surface area (Å²) >= 11 is 0. The molecule has 0 amide bonds. The molecule has 0 atom stereocenters. The Hall–Kier alpha value is -1.17. The standard InChI is InChI=1S/C5H7O7P/c1-3(2-4(6)7)5(8)12-13(9,10)11/h2H,1H3,(H,6,7)(H2,9,10,11)/b3-2+. The molecule has 13 heavy (non-hydrogen) atoms. The molecule has 0 radical (unpaired) electrons. The van der Waals surface area contributed by atoms with Crippen molar-refractivity contribution in [2.24, 2.45) is 0 Å². The monoisotopic (exact) mass is 210 g/mol. The number of hydrogen-bond acceptors (Lipinski definition) is 4. The highest BCUT2D eigenvalue weighted by atomic mass is 31.2. The van der Waals surface area contributed by atoms with Crippen LogP contribution in [0.15, 0.2) is 11.6 Å². The summed E-state index contributed by atoms with van der Waals surface area (Å²) < 4.78 is 13.7. The van der Waals surface area contributed by atoms with E-state index in [2.05, 4.69) is 4.52 Å². The van der Waals surface area contributed by atoms with Crippen LogP contribution in [-0.2, 0) is 18.7 Å². The first-order chi connectivity index (χ1) is 5.72. The molecule has 0 aliphatic heterocycles. The van der Waals surface area contributed by atoms with E-state index in [1.54, 1.807) is 0 Å². The van der Waals surface area contributed by atoms with Crippen molar-refractivity contribution < 1.29 is 33.6 Å². The highest BCUT2D eigenvalue weighted by Gasteiger charge is 2.21. The van der Waals surface area contributed by atoms with Crippen molar-refractivity contribution in [1.29, 1.82) is 0 Å². The maximum Gasteiger partial charge on any atom is 0.527 e. The quantitative estimate of drug-likeness (QED) is 0.430. The lowest BCUT2D eigenvalue weighted by Crippen LogP contribution is -2.05. The molecule has 3 N–H and O–H groups in total. The van der Waals surface area contributed by atoms with E-state index in [1.807, 2.05) is 0 Å². The van der Waals surface area contributed by atoms with Gasteiger partial charge in [0.25, 0.3) is 0 Å². The summed E-state index contributed by atoms with van der Waals surface area (Å²) in [4.78, 5) is 37.0. The number of carboxylic acid groups (broad SMARTS) is 1. The minimum atomic E-state index is -4.90. The summed E-state index contributed by atoms with van der Waals surface area (Å²) in [7, 11) is -4.90. The first-order valence-electron chi connectivity index (χ1n) is 2.93. The van der Waals surface area contributed by atoms with E-state index in [0.717, 1.165) is 6.92 Å². The van der Waals surface area contributed by atoms with Gasteiger partial charge in [-0.2, -0.15) is 0 Å². The van der Waals surface area contributed by atoms with Crippen LogP contribution in [0.25, 0.3) is 0 Å². The van der Waals surface area contributed by atoms with Gasteiger partial charge >= 0.3 is 19.8 Å². The van der Waals surface area contributed by atoms with Gasteiger partial charge in [-0.1, -0.05) is 0 Å². The Labute approximate surface area is 72.9 Å². The zero-order valence-corrected chi connectivity index (χ0v) is 7.39. The first-order valence-corrected chi connectivity index (χ1v) is 4.46. The Bertz CT molecular complexity index is 298. The summed E-state index contributed by atoms with van der Waals surface area (Å²) in [6.45, 7) is 1.06. The number of aliphatic carboxylic acids is 1. The lowest BCUT2D eigenvalue weighted by Gasteiger charge is -2.03. The smallest absolute Gasteiger partial charge is 0.478 e. The van der Waals surface area contributed by atoms with Gasteiger partial charge < -0.3 is 9.63 Å². The normalized spacial score (nSPS) is 12.4. The molecule has 7 nitrogen and oxygen atoms in total. The zero-order chi connectivity index (χ0) is 10.6. The third-order valence-electron chi connectivity index (χ3n) is 0.864. The number of hydrogen-bond donors (Lipinski definition) is 3. The number of phosphoric ester groups is 1. The van der Waals surface area contributed by atoms with E-state index in [4.69, 9.17) is 14.9 Å². The second kappa shape index (κ2) is 4.18. The Morgan fingerprint density at radius 1 is 1.38 bits per heavy atom. The second-order valence-electron chi connectivity index (χ2n) is 2.03. The van der Waals surface area contributed by atoms with Gasteiger partial charge in [-0.25, -0.2) is 14.2 Å². The molecule has 8 heteroatoms. The van der Waals surface area contributed by atoms with Gasteiger partial charge in [-0.05, 0) is 6.92 Å². The van der Waals surface area contributed by atoms with Crippen molar-refractivity contribution in [2.75, 3.05) is 0 Å². The van der Waals surface area contributed by atoms with Gasteiger partial charge in [-0.15, -0.1) is 0 Å². The van der Waals surface area contributed by atoms with E-state index in [9.17, 15) is 14.2 Å². The fraction of sp³-hybridized carbons (Fsp3) is 0.200. The predicted molar refractivity (Wildman–Crippen MR) is 39.5 cm³/mol. The summed E-state index contributed by atoms with van der Waals surface area (Å²) in [6, 6.07) is 0. The molecule has 0 unspecified atom stereocenters. The largest absolute Gasteiger partial charge is 0.527 e. The molecule has 0 bridgehead atoms. The summed E-state index contributed by atoms with van der Waals surface area (Å²) in [5.74, 6) is -2.77. The summed E-state index contributed by atoms with van der Waals surface area (Å²) in [5.41, 5.74) is -0.407. The minimum absolute atomic E-state index is 0.407. The molecule has 0 spiro atoms. The number of phosphoric acid groups is 1. The van der Waals surface area contributed by atoms with Gasteiger partial charge in [0, 0.05) is 11.6 Å². The van der Waals surface area contributed by atoms with Crippen LogP contribution in [0.1, 0.15) is 6.92 Å². The molecule has 0 aromatic rings. The molecule has 0 heterocycles. The first kappa shape index (κ1) is 11.8. The predicted octanol–water partition coefficient (Wildman–Crippen LogP) is -0.347. The Kier molecular flexibility index (Phi) is 3.80. The van der Waals surface area contributed by atoms with Gasteiger partial charge in [0.05, 0.1) is 0 Å². The van der Waals surface area contributed by atoms with E-state index >= 15 is 0 Å². The van der Waals surface area contributed by atoms with E-state index in [1.165, 1.54) is 0 Å². The van der Waals surface area contributed by atoms with Crippen molar-refractivity contribution in [3.63, 3.8) is 0 Å². The van der Waals surface area contributed by atoms with Crippen LogP contribution in [0.5, 0.6) is 0 Å². The number of rotatable bonds is 3. The maximum absolute atomic E-state index is 10.6. The second-order valence-corrected chi connectivity index (χ2v) is 3.20. The summed E-state index contributed by atoms with van der Waals surface area (Å²) in [6.07, 6.45) is 0.484. The minimum Gasteiger partial charge on any atom is -0.478 e. The average Bonchev–Trinajstić information content (AvgIpc) is 1.81. The third-order valence-corrected chi connectivity index (χ3v) is 1.27. The highest BCUT2D eigenvalue weighted by molar-refractivity contribution is 7.46. The van der Waals surface area contributed by atoms with Gasteiger partial charge in [0.2, 0.25) is 0 Å². The molecule has 0 rings (SSSR count). The number of carbonyl (C=O) groups is 2. The van der Waals surface area contributed by atoms with Crippen LogP contribution in [0.2, 0.25) is 0 Å². The Balaban J connectivity index is 4.46. The van der Waals surface area contributed by atoms with Crippen molar-refractivity contribution in [1.82, 2.24) is 0 Å². The molecule has 0 saturated carbocycles. The van der Waals surface area contributed by atoms with Crippen LogP contribution >= 0.6 is 7.82 Å². The van der Waals surface area contributed by atoms with Crippen LogP contribution in [-0.4, -0.2) is 26.8 Å². The lowest BCUT2D eigenvalue weighted by molar-refractivity contribution is -0.134. The topological polar surface area (TPSA) is 121 Å². The lowest BCUT2D eigenvalue weighted by atomic mass is 10.3. The number of carbonyl (C=O) groups excluding carboxylic acids is 1. The van der Waals surface area contributed by atoms with Crippen LogP contribution < -0.4 is 0 Å². The van der Waals surface area contributed by atoms with Crippen molar-refractivity contribution in [3.05, 3.63) is 11.6 Å². The van der Waals surface area contributed by atoms with E-state index < -0.39 is 25.3 Å². The van der Waals surface area contributed by atoms with Crippen molar-refractivity contribution >= 4 is 19.8 Å². The van der Waals surface area contributed by atoms with Crippen molar-refractivity contribution in [3.8, 4) is 0 Å². The SMILES string of the molecule is C/C(=C\C(=O)O)C(=O)OP(=O)(O)O. The molecular weight excluding hydrogens is 203 g/mol. The number of carboxylic acids is 1. The molecule has 0 saturated heterocycles. The molecule has 0 aromatic carbocycles. The zero-order valence-electron chi connectivity index (χ0n) is 6.50. The highest BCUT2D eigenvalue weighted by Crippen LogP contribution is 2.36. The molecule has 74 valence electrons. The summed E-state index contributed by atoms with van der Waals surface area (Å²) in [5, 5.41) is 8.15. The van der Waals surface area contributed by atoms with E-state index in [0.29, 0.717) is 6.08 Å². The van der Waals surface area contributed by atoms with Gasteiger partial charge in [-0.3, -0.25) is 9.79 Å². The molecular formula is C5H7O7P. The van der Waals surface area contributed by atoms with E-state index in [-0.39, 0.29) is 0 Å². The average molecular weight is 210 g/mol. The van der Waals surface area contributed by atoms with Crippen LogP contribution in [0.4, 0.5) is 0 Å². The molecule has 0 aliphatic carbocycles. The third kappa shape index (κ3) is 6.03. The van der Waals surface area contributed by atoms with Crippen molar-refractivity contribution in [2.45, 2.75) is 6.92 Å². The van der Waals surface area contributed by atoms with Crippen LogP contribution in [0, 0.1) is 0 Å². The fourth-order valence-corrected chi connectivity index (χ4v) is 0.784. The molecule has 0 aromatic heterocycles. The Morgan fingerprint density at radius 2 is 1.85 bits per heavy atom. The van der Waals surface area contributed by atoms with Gasteiger partial charge in [0.15, 0.2) is 0 Å². The molecule has 0 aliphatic rings.